The molecule has 0 aromatic carbocycles. The number of esters is 1. The zero-order chi connectivity index (χ0) is 15.0. The number of aryl methyl sites for hydroxylation is 1. The predicted octanol–water partition coefficient (Wildman–Crippen LogP) is 1.68. The van der Waals surface area contributed by atoms with Gasteiger partial charge >= 0.3 is 13.1 Å². The van der Waals surface area contributed by atoms with Crippen molar-refractivity contribution in [2.24, 2.45) is 0 Å². The van der Waals surface area contributed by atoms with Gasteiger partial charge in [-0.05, 0) is 39.8 Å². The molecule has 0 bridgehead atoms. The standard InChI is InChI=1S/C14H21BO5/c1-13(2)14(3,4)20-15(19-13)11-8-6-10(18-11)7-9-12(16)17-5/h6,8H,7,9H2,1-5H3. The third kappa shape index (κ3) is 2.91. The normalized spacial score (nSPS) is 20.1. The number of furan rings is 1. The van der Waals surface area contributed by atoms with E-state index in [2.05, 4.69) is 4.74 Å². The number of methoxy groups -OCH3 is 1. The lowest BCUT2D eigenvalue weighted by atomic mass is 9.86. The monoisotopic (exact) mass is 280 g/mol. The van der Waals surface area contributed by atoms with Crippen molar-refractivity contribution in [1.82, 2.24) is 0 Å². The van der Waals surface area contributed by atoms with E-state index in [0.29, 0.717) is 18.5 Å². The highest BCUT2D eigenvalue weighted by atomic mass is 16.7. The molecule has 1 aliphatic heterocycles. The Morgan fingerprint density at radius 3 is 2.35 bits per heavy atom. The summed E-state index contributed by atoms with van der Waals surface area (Å²) in [6.07, 6.45) is 0.805. The molecule has 1 aromatic rings. The van der Waals surface area contributed by atoms with E-state index in [4.69, 9.17) is 13.7 Å². The Labute approximate surface area is 119 Å². The molecule has 0 spiro atoms. The molecule has 0 saturated carbocycles. The first kappa shape index (κ1) is 15.1. The quantitative estimate of drug-likeness (QED) is 0.620. The Kier molecular flexibility index (Phi) is 3.98. The fourth-order valence-corrected chi connectivity index (χ4v) is 1.94. The molecule has 0 unspecified atom stereocenters. The first-order chi connectivity index (χ1) is 9.25. The van der Waals surface area contributed by atoms with Crippen molar-refractivity contribution in [3.05, 3.63) is 17.9 Å². The SMILES string of the molecule is COC(=O)CCc1ccc(B2OC(C)(C)C(C)(C)O2)o1. The van der Waals surface area contributed by atoms with Crippen molar-refractivity contribution < 1.29 is 23.3 Å². The number of carbonyl (C=O) groups is 1. The Balaban J connectivity index is 2.02. The van der Waals surface area contributed by atoms with Crippen LogP contribution in [0.3, 0.4) is 0 Å². The van der Waals surface area contributed by atoms with Crippen LogP contribution in [-0.2, 0) is 25.3 Å². The van der Waals surface area contributed by atoms with Crippen LogP contribution in [-0.4, -0.2) is 31.4 Å². The zero-order valence-electron chi connectivity index (χ0n) is 12.7. The van der Waals surface area contributed by atoms with Crippen LogP contribution in [0.1, 0.15) is 39.9 Å². The lowest BCUT2D eigenvalue weighted by Crippen LogP contribution is -2.41. The van der Waals surface area contributed by atoms with Crippen LogP contribution in [0.15, 0.2) is 16.5 Å². The fourth-order valence-electron chi connectivity index (χ4n) is 1.94. The maximum atomic E-state index is 11.1. The number of hydrogen-bond donors (Lipinski definition) is 0. The highest BCUT2D eigenvalue weighted by Gasteiger charge is 2.53. The highest BCUT2D eigenvalue weighted by Crippen LogP contribution is 2.36. The Morgan fingerprint density at radius 1 is 1.20 bits per heavy atom. The molecule has 0 aliphatic carbocycles. The van der Waals surface area contributed by atoms with E-state index < -0.39 is 18.3 Å². The van der Waals surface area contributed by atoms with Gasteiger partial charge in [-0.3, -0.25) is 4.79 Å². The third-order valence-corrected chi connectivity index (χ3v) is 3.97. The summed E-state index contributed by atoms with van der Waals surface area (Å²) in [4.78, 5) is 11.1. The largest absolute Gasteiger partial charge is 0.532 e. The predicted molar refractivity (Wildman–Crippen MR) is 74.8 cm³/mol. The topological polar surface area (TPSA) is 57.9 Å². The molecule has 1 aromatic heterocycles. The van der Waals surface area contributed by atoms with Crippen LogP contribution < -0.4 is 5.66 Å². The second-order valence-corrected chi connectivity index (χ2v) is 5.97. The van der Waals surface area contributed by atoms with Crippen molar-refractivity contribution in [2.45, 2.75) is 51.7 Å². The van der Waals surface area contributed by atoms with Crippen molar-refractivity contribution in [3.63, 3.8) is 0 Å². The van der Waals surface area contributed by atoms with Gasteiger partial charge in [0.1, 0.15) is 11.4 Å². The van der Waals surface area contributed by atoms with E-state index in [9.17, 15) is 4.79 Å². The van der Waals surface area contributed by atoms with E-state index in [-0.39, 0.29) is 5.97 Å². The number of ether oxygens (including phenoxy) is 1. The molecule has 0 radical (unpaired) electrons. The summed E-state index contributed by atoms with van der Waals surface area (Å²) < 4.78 is 22.1. The summed E-state index contributed by atoms with van der Waals surface area (Å²) in [5.41, 5.74) is -0.156. The molecule has 0 amide bonds. The average molecular weight is 280 g/mol. The second-order valence-electron chi connectivity index (χ2n) is 5.97. The van der Waals surface area contributed by atoms with Gasteiger partial charge in [0.25, 0.3) is 0 Å². The summed E-state index contributed by atoms with van der Waals surface area (Å²) in [5, 5.41) is 0. The molecule has 2 heterocycles. The van der Waals surface area contributed by atoms with Crippen molar-refractivity contribution in [2.75, 3.05) is 7.11 Å². The van der Waals surface area contributed by atoms with Crippen molar-refractivity contribution >= 4 is 18.7 Å². The van der Waals surface area contributed by atoms with Gasteiger partial charge in [-0.25, -0.2) is 0 Å². The maximum Gasteiger partial charge on any atom is 0.532 e. The van der Waals surface area contributed by atoms with Crippen LogP contribution >= 0.6 is 0 Å². The molecule has 1 fully saturated rings. The minimum Gasteiger partial charge on any atom is -0.470 e. The van der Waals surface area contributed by atoms with E-state index in [1.165, 1.54) is 7.11 Å². The maximum absolute atomic E-state index is 11.1. The summed E-state index contributed by atoms with van der Waals surface area (Å²) in [7, 11) is 0.868. The van der Waals surface area contributed by atoms with Gasteiger partial charge < -0.3 is 18.5 Å². The molecule has 0 atom stereocenters. The first-order valence-electron chi connectivity index (χ1n) is 6.76. The van der Waals surface area contributed by atoms with E-state index >= 15 is 0 Å². The fraction of sp³-hybridized carbons (Fsp3) is 0.643. The molecule has 6 heteroatoms. The van der Waals surface area contributed by atoms with Crippen LogP contribution in [0, 0.1) is 0 Å². The summed E-state index contributed by atoms with van der Waals surface area (Å²) in [5.74, 6) is 0.471. The van der Waals surface area contributed by atoms with Gasteiger partial charge in [0, 0.05) is 6.42 Å². The molecule has 2 rings (SSSR count). The van der Waals surface area contributed by atoms with Gasteiger partial charge in [-0.15, -0.1) is 0 Å². The van der Waals surface area contributed by atoms with E-state index in [1.807, 2.05) is 39.8 Å². The zero-order valence-corrected chi connectivity index (χ0v) is 12.7. The summed E-state index contributed by atoms with van der Waals surface area (Å²) in [6.45, 7) is 7.98. The molecule has 5 nitrogen and oxygen atoms in total. The van der Waals surface area contributed by atoms with Crippen LogP contribution in [0.4, 0.5) is 0 Å². The summed E-state index contributed by atoms with van der Waals surface area (Å²) >= 11 is 0. The second kappa shape index (κ2) is 5.26. The van der Waals surface area contributed by atoms with E-state index in [1.54, 1.807) is 0 Å². The lowest BCUT2D eigenvalue weighted by Gasteiger charge is -2.32. The molecule has 1 aliphatic rings. The lowest BCUT2D eigenvalue weighted by molar-refractivity contribution is -0.140. The molecular formula is C14H21BO5. The molecule has 20 heavy (non-hydrogen) atoms. The van der Waals surface area contributed by atoms with Gasteiger partial charge in [0.2, 0.25) is 0 Å². The molecule has 0 N–H and O–H groups in total. The van der Waals surface area contributed by atoms with E-state index in [0.717, 1.165) is 5.76 Å². The van der Waals surface area contributed by atoms with Gasteiger partial charge in [0.15, 0.2) is 0 Å². The van der Waals surface area contributed by atoms with Crippen LogP contribution in [0.2, 0.25) is 0 Å². The third-order valence-electron chi connectivity index (χ3n) is 3.97. The first-order valence-corrected chi connectivity index (χ1v) is 6.76. The van der Waals surface area contributed by atoms with Crippen molar-refractivity contribution in [3.8, 4) is 0 Å². The van der Waals surface area contributed by atoms with Gasteiger partial charge in [0.05, 0.1) is 24.7 Å². The van der Waals surface area contributed by atoms with Crippen molar-refractivity contribution in [1.29, 1.82) is 0 Å². The minimum absolute atomic E-state index is 0.251. The molecular weight excluding hydrogens is 259 g/mol. The molecule has 1 saturated heterocycles. The highest BCUT2D eigenvalue weighted by molar-refractivity contribution is 6.60. The Bertz CT molecular complexity index is 476. The summed E-state index contributed by atoms with van der Waals surface area (Å²) in [6, 6.07) is 3.66. The smallest absolute Gasteiger partial charge is 0.470 e. The number of rotatable bonds is 4. The Morgan fingerprint density at radius 2 is 1.80 bits per heavy atom. The van der Waals surface area contributed by atoms with Gasteiger partial charge in [-0.2, -0.15) is 0 Å². The van der Waals surface area contributed by atoms with Crippen LogP contribution in [0.5, 0.6) is 0 Å². The Hall–Kier alpha value is -1.27. The molecule has 110 valence electrons. The number of carbonyl (C=O) groups excluding carboxylic acids is 1. The average Bonchev–Trinajstić information content (AvgIpc) is 2.90. The minimum atomic E-state index is -0.508. The van der Waals surface area contributed by atoms with Gasteiger partial charge in [-0.1, -0.05) is 0 Å². The van der Waals surface area contributed by atoms with Crippen LogP contribution in [0.25, 0.3) is 0 Å². The number of hydrogen-bond acceptors (Lipinski definition) is 5.